The lowest BCUT2D eigenvalue weighted by molar-refractivity contribution is -0.154. The molecule has 0 amide bonds. The normalized spacial score (nSPS) is 18.8. The maximum Gasteiger partial charge on any atom is 0.401 e. The SMILES string of the molecule is CC(C)OCCN(CC(F)(F)F)C1CCNCC1. The molecule has 0 aromatic rings. The molecule has 1 saturated heterocycles. The molecule has 3 nitrogen and oxygen atoms in total. The number of hydrogen-bond acceptors (Lipinski definition) is 3. The maximum absolute atomic E-state index is 12.5. The van der Waals surface area contributed by atoms with Crippen LogP contribution in [0.1, 0.15) is 26.7 Å². The fraction of sp³-hybridized carbons (Fsp3) is 1.00. The summed E-state index contributed by atoms with van der Waals surface area (Å²) in [5.74, 6) is 0. The second-order valence-corrected chi connectivity index (χ2v) is 4.99. The Hall–Kier alpha value is -0.330. The van der Waals surface area contributed by atoms with E-state index < -0.39 is 12.7 Å². The zero-order valence-electron chi connectivity index (χ0n) is 11.1. The first kappa shape index (κ1) is 15.7. The van der Waals surface area contributed by atoms with Crippen molar-refractivity contribution in [3.63, 3.8) is 0 Å². The third kappa shape index (κ3) is 6.56. The van der Waals surface area contributed by atoms with Crippen LogP contribution in [0.4, 0.5) is 13.2 Å². The van der Waals surface area contributed by atoms with Gasteiger partial charge in [-0.3, -0.25) is 4.90 Å². The lowest BCUT2D eigenvalue weighted by Crippen LogP contribution is -2.48. The van der Waals surface area contributed by atoms with E-state index >= 15 is 0 Å². The lowest BCUT2D eigenvalue weighted by atomic mass is 10.0. The van der Waals surface area contributed by atoms with Crippen molar-refractivity contribution in [2.75, 3.05) is 32.8 Å². The summed E-state index contributed by atoms with van der Waals surface area (Å²) in [4.78, 5) is 1.52. The van der Waals surface area contributed by atoms with Crippen molar-refractivity contribution in [2.24, 2.45) is 0 Å². The van der Waals surface area contributed by atoms with E-state index in [1.54, 1.807) is 0 Å². The van der Waals surface area contributed by atoms with Crippen LogP contribution in [-0.2, 0) is 4.74 Å². The predicted molar refractivity (Wildman–Crippen MR) is 64.6 cm³/mol. The molecule has 1 aliphatic heterocycles. The van der Waals surface area contributed by atoms with Crippen LogP contribution in [0, 0.1) is 0 Å². The largest absolute Gasteiger partial charge is 0.401 e. The quantitative estimate of drug-likeness (QED) is 0.797. The van der Waals surface area contributed by atoms with Gasteiger partial charge in [0.2, 0.25) is 0 Å². The summed E-state index contributed by atoms with van der Waals surface area (Å²) in [6, 6.07) is 0.0173. The number of halogens is 3. The Morgan fingerprint density at radius 1 is 1.28 bits per heavy atom. The van der Waals surface area contributed by atoms with Gasteiger partial charge in [-0.15, -0.1) is 0 Å². The standard InChI is InChI=1S/C12H23F3N2O/c1-10(2)18-8-7-17(9-12(13,14)15)11-3-5-16-6-4-11/h10-11,16H,3-9H2,1-2H3. The summed E-state index contributed by atoms with van der Waals surface area (Å²) in [5, 5.41) is 3.17. The van der Waals surface area contributed by atoms with E-state index in [-0.39, 0.29) is 12.1 Å². The molecule has 0 bridgehead atoms. The van der Waals surface area contributed by atoms with Crippen molar-refractivity contribution in [1.29, 1.82) is 0 Å². The number of nitrogens with zero attached hydrogens (tertiary/aromatic N) is 1. The average Bonchev–Trinajstić information content (AvgIpc) is 2.27. The van der Waals surface area contributed by atoms with Crippen LogP contribution >= 0.6 is 0 Å². The van der Waals surface area contributed by atoms with Crippen molar-refractivity contribution in [3.05, 3.63) is 0 Å². The Morgan fingerprint density at radius 2 is 1.89 bits per heavy atom. The van der Waals surface area contributed by atoms with Crippen LogP contribution in [0.2, 0.25) is 0 Å². The lowest BCUT2D eigenvalue weighted by Gasteiger charge is -2.35. The highest BCUT2D eigenvalue weighted by Gasteiger charge is 2.34. The summed E-state index contributed by atoms with van der Waals surface area (Å²) in [6.45, 7) is 5.24. The highest BCUT2D eigenvalue weighted by molar-refractivity contribution is 4.79. The number of hydrogen-bond donors (Lipinski definition) is 1. The van der Waals surface area contributed by atoms with Crippen molar-refractivity contribution in [1.82, 2.24) is 10.2 Å². The Kier molecular flexibility index (Phi) is 6.38. The first-order valence-electron chi connectivity index (χ1n) is 6.51. The minimum atomic E-state index is -4.14. The fourth-order valence-electron chi connectivity index (χ4n) is 2.20. The molecule has 0 radical (unpaired) electrons. The summed E-state index contributed by atoms with van der Waals surface area (Å²) < 4.78 is 43.0. The molecule has 1 N–H and O–H groups in total. The molecule has 1 rings (SSSR count). The van der Waals surface area contributed by atoms with E-state index in [1.807, 2.05) is 13.8 Å². The number of alkyl halides is 3. The molecule has 0 atom stereocenters. The van der Waals surface area contributed by atoms with Gasteiger partial charge in [-0.2, -0.15) is 13.2 Å². The van der Waals surface area contributed by atoms with Gasteiger partial charge in [0.25, 0.3) is 0 Å². The number of piperidine rings is 1. The van der Waals surface area contributed by atoms with Crippen LogP contribution in [0.3, 0.4) is 0 Å². The minimum absolute atomic E-state index is 0.0173. The molecule has 108 valence electrons. The molecule has 1 fully saturated rings. The van der Waals surface area contributed by atoms with E-state index in [2.05, 4.69) is 5.32 Å². The average molecular weight is 268 g/mol. The molecular formula is C12H23F3N2O. The molecule has 0 spiro atoms. The van der Waals surface area contributed by atoms with Gasteiger partial charge in [0.1, 0.15) is 0 Å². The Labute approximate surface area is 107 Å². The molecule has 18 heavy (non-hydrogen) atoms. The summed E-state index contributed by atoms with van der Waals surface area (Å²) >= 11 is 0. The first-order chi connectivity index (χ1) is 8.38. The van der Waals surface area contributed by atoms with Crippen LogP contribution in [0.5, 0.6) is 0 Å². The molecular weight excluding hydrogens is 245 g/mol. The third-order valence-electron chi connectivity index (χ3n) is 3.04. The smallest absolute Gasteiger partial charge is 0.377 e. The zero-order valence-corrected chi connectivity index (χ0v) is 11.1. The fourth-order valence-corrected chi connectivity index (χ4v) is 2.20. The van der Waals surface area contributed by atoms with E-state index in [4.69, 9.17) is 4.74 Å². The number of rotatable bonds is 6. The second kappa shape index (κ2) is 7.31. The van der Waals surface area contributed by atoms with Gasteiger partial charge in [-0.05, 0) is 39.8 Å². The van der Waals surface area contributed by atoms with Crippen molar-refractivity contribution < 1.29 is 17.9 Å². The molecule has 6 heteroatoms. The zero-order chi connectivity index (χ0) is 13.6. The number of nitrogens with one attached hydrogen (secondary N) is 1. The number of ether oxygens (including phenoxy) is 1. The van der Waals surface area contributed by atoms with E-state index in [0.717, 1.165) is 25.9 Å². The molecule has 0 saturated carbocycles. The summed E-state index contributed by atoms with van der Waals surface area (Å²) in [6.07, 6.45) is -2.52. The maximum atomic E-state index is 12.5. The Morgan fingerprint density at radius 3 is 2.39 bits per heavy atom. The van der Waals surface area contributed by atoms with E-state index in [0.29, 0.717) is 13.2 Å². The summed E-state index contributed by atoms with van der Waals surface area (Å²) in [7, 11) is 0. The van der Waals surface area contributed by atoms with E-state index in [1.165, 1.54) is 4.90 Å². The van der Waals surface area contributed by atoms with Crippen molar-refractivity contribution in [2.45, 2.75) is 45.0 Å². The van der Waals surface area contributed by atoms with Gasteiger partial charge in [0.05, 0.1) is 19.3 Å². The Balaban J connectivity index is 2.45. The molecule has 0 unspecified atom stereocenters. The van der Waals surface area contributed by atoms with Gasteiger partial charge in [0.15, 0.2) is 0 Å². The van der Waals surface area contributed by atoms with Gasteiger partial charge < -0.3 is 10.1 Å². The molecule has 0 aromatic carbocycles. The first-order valence-corrected chi connectivity index (χ1v) is 6.51. The van der Waals surface area contributed by atoms with Crippen LogP contribution < -0.4 is 5.32 Å². The van der Waals surface area contributed by atoms with Crippen molar-refractivity contribution in [3.8, 4) is 0 Å². The Bertz CT molecular complexity index is 228. The predicted octanol–water partition coefficient (Wildman–Crippen LogP) is 2.03. The third-order valence-corrected chi connectivity index (χ3v) is 3.04. The molecule has 1 heterocycles. The van der Waals surface area contributed by atoms with Crippen LogP contribution in [0.15, 0.2) is 0 Å². The minimum Gasteiger partial charge on any atom is -0.377 e. The summed E-state index contributed by atoms with van der Waals surface area (Å²) in [5.41, 5.74) is 0. The van der Waals surface area contributed by atoms with Crippen LogP contribution in [0.25, 0.3) is 0 Å². The van der Waals surface area contributed by atoms with E-state index in [9.17, 15) is 13.2 Å². The highest BCUT2D eigenvalue weighted by Crippen LogP contribution is 2.21. The topological polar surface area (TPSA) is 24.5 Å². The van der Waals surface area contributed by atoms with Gasteiger partial charge in [-0.1, -0.05) is 0 Å². The molecule has 0 aliphatic carbocycles. The van der Waals surface area contributed by atoms with Crippen LogP contribution in [-0.4, -0.2) is 56.0 Å². The molecule has 0 aromatic heterocycles. The van der Waals surface area contributed by atoms with Gasteiger partial charge in [-0.25, -0.2) is 0 Å². The second-order valence-electron chi connectivity index (χ2n) is 4.99. The molecule has 1 aliphatic rings. The van der Waals surface area contributed by atoms with Gasteiger partial charge in [0, 0.05) is 12.6 Å². The monoisotopic (exact) mass is 268 g/mol. The van der Waals surface area contributed by atoms with Crippen molar-refractivity contribution >= 4 is 0 Å². The van der Waals surface area contributed by atoms with Gasteiger partial charge >= 0.3 is 6.18 Å². The highest BCUT2D eigenvalue weighted by atomic mass is 19.4.